The zero-order chi connectivity index (χ0) is 13.2. The van der Waals surface area contributed by atoms with E-state index in [1.807, 2.05) is 19.1 Å². The molecule has 0 saturated heterocycles. The summed E-state index contributed by atoms with van der Waals surface area (Å²) in [4.78, 5) is 22.8. The molecule has 0 bridgehead atoms. The van der Waals surface area contributed by atoms with Crippen molar-refractivity contribution in [1.82, 2.24) is 15.0 Å². The molecule has 0 unspecified atom stereocenters. The maximum absolute atomic E-state index is 11.1. The third-order valence-electron chi connectivity index (χ3n) is 3.06. The Morgan fingerprint density at radius 2 is 2.26 bits per heavy atom. The van der Waals surface area contributed by atoms with Crippen molar-refractivity contribution in [2.24, 2.45) is 0 Å². The molecule has 0 aliphatic carbocycles. The molecule has 0 radical (unpaired) electrons. The van der Waals surface area contributed by atoms with E-state index in [1.54, 1.807) is 12.5 Å². The summed E-state index contributed by atoms with van der Waals surface area (Å²) < 4.78 is 5.31. The van der Waals surface area contributed by atoms with Crippen molar-refractivity contribution in [2.75, 3.05) is 0 Å². The Morgan fingerprint density at radius 3 is 3.00 bits per heavy atom. The highest BCUT2D eigenvalue weighted by Crippen LogP contribution is 2.20. The number of rotatable bonds is 4. The number of aromatic nitrogens is 3. The average molecular weight is 255 g/mol. The van der Waals surface area contributed by atoms with E-state index < -0.39 is 0 Å². The van der Waals surface area contributed by atoms with Crippen molar-refractivity contribution in [2.45, 2.75) is 19.8 Å². The van der Waals surface area contributed by atoms with Crippen LogP contribution in [0.1, 0.15) is 27.6 Å². The van der Waals surface area contributed by atoms with Gasteiger partial charge in [-0.15, -0.1) is 0 Å². The lowest BCUT2D eigenvalue weighted by atomic mass is 10.1. The zero-order valence-electron chi connectivity index (χ0n) is 10.5. The molecule has 19 heavy (non-hydrogen) atoms. The first-order valence-electron chi connectivity index (χ1n) is 6.10. The van der Waals surface area contributed by atoms with Gasteiger partial charge in [-0.1, -0.05) is 0 Å². The van der Waals surface area contributed by atoms with E-state index in [1.165, 1.54) is 0 Å². The van der Waals surface area contributed by atoms with Crippen LogP contribution in [0, 0.1) is 6.92 Å². The van der Waals surface area contributed by atoms with Crippen molar-refractivity contribution in [3.63, 3.8) is 0 Å². The largest absolute Gasteiger partial charge is 0.469 e. The SMILES string of the molecule is Cc1nc(CCc2ccco2)c2c(C=O)c[nH]c2n1. The molecule has 0 spiro atoms. The Morgan fingerprint density at radius 1 is 1.37 bits per heavy atom. The van der Waals surface area contributed by atoms with Gasteiger partial charge in [-0.05, 0) is 25.5 Å². The van der Waals surface area contributed by atoms with Gasteiger partial charge in [-0.3, -0.25) is 4.79 Å². The molecule has 0 saturated carbocycles. The maximum Gasteiger partial charge on any atom is 0.152 e. The van der Waals surface area contributed by atoms with Crippen LogP contribution in [0.4, 0.5) is 0 Å². The second kappa shape index (κ2) is 4.68. The number of hydrogen-bond donors (Lipinski definition) is 1. The van der Waals surface area contributed by atoms with Gasteiger partial charge in [-0.2, -0.15) is 0 Å². The first kappa shape index (κ1) is 11.6. The van der Waals surface area contributed by atoms with Crippen molar-refractivity contribution in [3.8, 4) is 0 Å². The Labute approximate surface area is 109 Å². The predicted octanol–water partition coefficient (Wildman–Crippen LogP) is 2.46. The monoisotopic (exact) mass is 255 g/mol. The molecule has 0 aliphatic heterocycles. The minimum atomic E-state index is 0.601. The second-order valence-corrected chi connectivity index (χ2v) is 4.38. The van der Waals surface area contributed by atoms with E-state index in [2.05, 4.69) is 15.0 Å². The number of hydrogen-bond acceptors (Lipinski definition) is 4. The molecule has 0 atom stereocenters. The number of carbonyl (C=O) groups excluding carboxylic acids is 1. The minimum Gasteiger partial charge on any atom is -0.469 e. The summed E-state index contributed by atoms with van der Waals surface area (Å²) in [5, 5.41) is 0.812. The molecular formula is C14H13N3O2. The summed E-state index contributed by atoms with van der Waals surface area (Å²) in [6.45, 7) is 1.84. The molecule has 0 fully saturated rings. The highest BCUT2D eigenvalue weighted by molar-refractivity contribution is 5.97. The van der Waals surface area contributed by atoms with Crippen LogP contribution < -0.4 is 0 Å². The number of carbonyl (C=O) groups is 1. The second-order valence-electron chi connectivity index (χ2n) is 4.38. The Bertz CT molecular complexity index is 714. The van der Waals surface area contributed by atoms with E-state index in [-0.39, 0.29) is 0 Å². The van der Waals surface area contributed by atoms with Gasteiger partial charge in [-0.25, -0.2) is 9.97 Å². The molecule has 3 aromatic rings. The van der Waals surface area contributed by atoms with Crippen LogP contribution in [0.25, 0.3) is 11.0 Å². The number of H-pyrrole nitrogens is 1. The Kier molecular flexibility index (Phi) is 2.87. The van der Waals surface area contributed by atoms with Gasteiger partial charge in [0.05, 0.1) is 17.3 Å². The standard InChI is InChI=1S/C14H13N3O2/c1-9-16-12(5-4-11-3-2-6-19-11)13-10(8-18)7-15-14(13)17-9/h2-3,6-8H,4-5H2,1H3,(H,15,16,17). The molecule has 5 nitrogen and oxygen atoms in total. The first-order valence-corrected chi connectivity index (χ1v) is 6.10. The summed E-state index contributed by atoms with van der Waals surface area (Å²) in [5.74, 6) is 1.61. The number of aromatic amines is 1. The van der Waals surface area contributed by atoms with Gasteiger partial charge in [0.2, 0.25) is 0 Å². The molecule has 96 valence electrons. The van der Waals surface area contributed by atoms with Crippen molar-refractivity contribution in [3.05, 3.63) is 47.4 Å². The fourth-order valence-corrected chi connectivity index (χ4v) is 2.23. The summed E-state index contributed by atoms with van der Waals surface area (Å²) in [6.07, 6.45) is 5.62. The predicted molar refractivity (Wildman–Crippen MR) is 70.1 cm³/mol. The Balaban J connectivity index is 2.00. The van der Waals surface area contributed by atoms with E-state index >= 15 is 0 Å². The van der Waals surface area contributed by atoms with E-state index in [9.17, 15) is 4.79 Å². The lowest BCUT2D eigenvalue weighted by Crippen LogP contribution is -2.00. The lowest BCUT2D eigenvalue weighted by molar-refractivity contribution is 0.112. The van der Waals surface area contributed by atoms with Gasteiger partial charge < -0.3 is 9.40 Å². The van der Waals surface area contributed by atoms with Crippen molar-refractivity contribution in [1.29, 1.82) is 0 Å². The van der Waals surface area contributed by atoms with Crippen molar-refractivity contribution >= 4 is 17.3 Å². The highest BCUT2D eigenvalue weighted by atomic mass is 16.3. The van der Waals surface area contributed by atoms with Crippen LogP contribution in [0.15, 0.2) is 29.0 Å². The van der Waals surface area contributed by atoms with Crippen LogP contribution in [0.2, 0.25) is 0 Å². The van der Waals surface area contributed by atoms with E-state index in [0.29, 0.717) is 23.5 Å². The van der Waals surface area contributed by atoms with Crippen LogP contribution >= 0.6 is 0 Å². The fourth-order valence-electron chi connectivity index (χ4n) is 2.23. The van der Waals surface area contributed by atoms with Crippen molar-refractivity contribution < 1.29 is 9.21 Å². The summed E-state index contributed by atoms with van der Waals surface area (Å²) in [7, 11) is 0. The topological polar surface area (TPSA) is 71.8 Å². The minimum absolute atomic E-state index is 0.601. The quantitative estimate of drug-likeness (QED) is 0.727. The third-order valence-corrected chi connectivity index (χ3v) is 3.06. The number of fused-ring (bicyclic) bond motifs is 1. The third kappa shape index (κ3) is 2.14. The molecule has 5 heteroatoms. The van der Waals surface area contributed by atoms with Crippen LogP contribution in [0.5, 0.6) is 0 Å². The summed E-state index contributed by atoms with van der Waals surface area (Å²) >= 11 is 0. The lowest BCUT2D eigenvalue weighted by Gasteiger charge is -2.03. The summed E-state index contributed by atoms with van der Waals surface area (Å²) in [5.41, 5.74) is 2.19. The van der Waals surface area contributed by atoms with Gasteiger partial charge >= 0.3 is 0 Å². The highest BCUT2D eigenvalue weighted by Gasteiger charge is 2.12. The normalized spacial score (nSPS) is 11.0. The average Bonchev–Trinajstić information content (AvgIpc) is 3.04. The number of aryl methyl sites for hydroxylation is 3. The smallest absolute Gasteiger partial charge is 0.152 e. The summed E-state index contributed by atoms with van der Waals surface area (Å²) in [6, 6.07) is 3.80. The van der Waals surface area contributed by atoms with Gasteiger partial charge in [0.15, 0.2) is 6.29 Å². The Hall–Kier alpha value is -2.43. The number of aldehydes is 1. The molecular weight excluding hydrogens is 242 g/mol. The molecule has 3 heterocycles. The van der Waals surface area contributed by atoms with Crippen LogP contribution in [0.3, 0.4) is 0 Å². The van der Waals surface area contributed by atoms with Crippen LogP contribution in [-0.2, 0) is 12.8 Å². The molecule has 0 amide bonds. The van der Waals surface area contributed by atoms with E-state index in [4.69, 9.17) is 4.42 Å². The number of furan rings is 1. The van der Waals surface area contributed by atoms with Gasteiger partial charge in [0.25, 0.3) is 0 Å². The van der Waals surface area contributed by atoms with Gasteiger partial charge in [0.1, 0.15) is 17.2 Å². The first-order chi connectivity index (χ1) is 9.28. The number of nitrogens with one attached hydrogen (secondary N) is 1. The van der Waals surface area contributed by atoms with Gasteiger partial charge in [0, 0.05) is 18.2 Å². The maximum atomic E-state index is 11.1. The molecule has 3 rings (SSSR count). The van der Waals surface area contributed by atoms with Crippen LogP contribution in [-0.4, -0.2) is 21.2 Å². The fraction of sp³-hybridized carbons (Fsp3) is 0.214. The zero-order valence-corrected chi connectivity index (χ0v) is 10.5. The molecule has 0 aliphatic rings. The molecule has 0 aromatic carbocycles. The molecule has 1 N–H and O–H groups in total. The van der Waals surface area contributed by atoms with E-state index in [0.717, 1.165) is 29.5 Å². The number of nitrogens with zero attached hydrogens (tertiary/aromatic N) is 2. The molecule has 3 aromatic heterocycles.